The van der Waals surface area contributed by atoms with Gasteiger partial charge in [-0.05, 0) is 54.5 Å². The van der Waals surface area contributed by atoms with Crippen molar-refractivity contribution >= 4 is 46.9 Å². The summed E-state index contributed by atoms with van der Waals surface area (Å²) in [6, 6.07) is 10.3. The maximum absolute atomic E-state index is 13.2. The van der Waals surface area contributed by atoms with E-state index in [9.17, 15) is 4.79 Å². The Morgan fingerprint density at radius 2 is 1.95 bits per heavy atom. The number of hydrogen-bond acceptors (Lipinski definition) is 8. The molecule has 2 aromatic carbocycles. The van der Waals surface area contributed by atoms with Crippen molar-refractivity contribution in [1.29, 1.82) is 0 Å². The lowest BCUT2D eigenvalue weighted by atomic mass is 9.95. The molecule has 1 N–H and O–H groups in total. The molecule has 0 bridgehead atoms. The van der Waals surface area contributed by atoms with Crippen LogP contribution in [0.15, 0.2) is 52.8 Å². The van der Waals surface area contributed by atoms with E-state index in [1.807, 2.05) is 45.0 Å². The molecule has 8 nitrogen and oxygen atoms in total. The molecule has 0 spiro atoms. The van der Waals surface area contributed by atoms with Gasteiger partial charge in [-0.2, -0.15) is 4.98 Å². The number of esters is 1. The first-order valence-corrected chi connectivity index (χ1v) is 13.6. The fraction of sp³-hybridized carbons (Fsp3) is 0.346. The van der Waals surface area contributed by atoms with Crippen LogP contribution < -0.4 is 14.8 Å². The van der Waals surface area contributed by atoms with Crippen LogP contribution in [0.1, 0.15) is 44.4 Å². The number of rotatable bonds is 10. The summed E-state index contributed by atoms with van der Waals surface area (Å²) in [6.07, 6.45) is 0.723. The van der Waals surface area contributed by atoms with Crippen molar-refractivity contribution in [2.24, 2.45) is 0 Å². The lowest BCUT2D eigenvalue weighted by Crippen LogP contribution is -2.29. The van der Waals surface area contributed by atoms with Gasteiger partial charge in [0.15, 0.2) is 11.5 Å². The van der Waals surface area contributed by atoms with Gasteiger partial charge in [0.1, 0.15) is 12.6 Å². The summed E-state index contributed by atoms with van der Waals surface area (Å²) in [5.41, 5.74) is 2.78. The molecule has 1 aromatic heterocycles. The number of thioether (sulfide) groups is 1. The summed E-state index contributed by atoms with van der Waals surface area (Å²) in [6.45, 7) is 6.43. The normalized spacial score (nSPS) is 14.7. The summed E-state index contributed by atoms with van der Waals surface area (Å²) >= 11 is 13.7. The SMILES string of the molecule is CCCOC(=O)C1=C(C)Nc2nc(SCC)nn2C1c1ccc(OCc2ccc(Cl)c(Cl)c2)c(OC)c1. The molecule has 0 radical (unpaired) electrons. The lowest BCUT2D eigenvalue weighted by Gasteiger charge is -2.28. The molecular formula is C26H28Cl2N4O4S. The minimum atomic E-state index is -0.558. The monoisotopic (exact) mass is 562 g/mol. The zero-order valence-corrected chi connectivity index (χ0v) is 23.3. The van der Waals surface area contributed by atoms with Gasteiger partial charge < -0.3 is 19.5 Å². The zero-order chi connectivity index (χ0) is 26.5. The number of methoxy groups -OCH3 is 1. The topological polar surface area (TPSA) is 87.5 Å². The van der Waals surface area contributed by atoms with E-state index < -0.39 is 12.0 Å². The second-order valence-electron chi connectivity index (χ2n) is 8.25. The van der Waals surface area contributed by atoms with E-state index >= 15 is 0 Å². The molecule has 11 heteroatoms. The Morgan fingerprint density at radius 1 is 1.14 bits per heavy atom. The van der Waals surface area contributed by atoms with Crippen molar-refractivity contribution in [3.05, 3.63) is 68.8 Å². The Morgan fingerprint density at radius 3 is 2.65 bits per heavy atom. The van der Waals surface area contributed by atoms with Gasteiger partial charge in [0.2, 0.25) is 11.1 Å². The number of allylic oxidation sites excluding steroid dienone is 1. The van der Waals surface area contributed by atoms with E-state index in [2.05, 4.69) is 15.4 Å². The highest BCUT2D eigenvalue weighted by Gasteiger charge is 2.35. The molecule has 0 saturated carbocycles. The number of fused-ring (bicyclic) bond motifs is 1. The van der Waals surface area contributed by atoms with E-state index in [1.165, 1.54) is 11.8 Å². The molecule has 3 aromatic rings. The third kappa shape index (κ3) is 6.00. The summed E-state index contributed by atoms with van der Waals surface area (Å²) < 4.78 is 18.9. The second kappa shape index (κ2) is 12.1. The standard InChI is InChI=1S/C26H28Cl2N4O4S/c1-5-11-35-24(33)22-15(3)29-25-30-26(37-6-2)31-32(25)23(22)17-8-10-20(21(13-17)34-4)36-14-16-7-9-18(27)19(28)12-16/h7-10,12-13,23H,5-6,11,14H2,1-4H3,(H,29,30,31). The summed E-state index contributed by atoms with van der Waals surface area (Å²) in [4.78, 5) is 17.8. The third-order valence-electron chi connectivity index (χ3n) is 5.65. The van der Waals surface area contributed by atoms with Gasteiger partial charge in [-0.15, -0.1) is 5.10 Å². The number of carbonyl (C=O) groups excluding carboxylic acids is 1. The number of benzene rings is 2. The van der Waals surface area contributed by atoms with E-state index in [0.29, 0.717) is 50.5 Å². The average Bonchev–Trinajstić information content (AvgIpc) is 3.29. The van der Waals surface area contributed by atoms with Crippen LogP contribution in [0.4, 0.5) is 5.95 Å². The quantitative estimate of drug-likeness (QED) is 0.220. The highest BCUT2D eigenvalue weighted by Crippen LogP contribution is 2.40. The van der Waals surface area contributed by atoms with Gasteiger partial charge in [0, 0.05) is 5.70 Å². The number of nitrogens with zero attached hydrogens (tertiary/aromatic N) is 3. The van der Waals surface area contributed by atoms with Crippen LogP contribution in [-0.4, -0.2) is 40.2 Å². The molecule has 4 rings (SSSR count). The Labute approximate surface area is 230 Å². The van der Waals surface area contributed by atoms with Crippen LogP contribution in [0.3, 0.4) is 0 Å². The van der Waals surface area contributed by atoms with Crippen molar-refractivity contribution in [2.75, 3.05) is 24.8 Å². The minimum Gasteiger partial charge on any atom is -0.493 e. The van der Waals surface area contributed by atoms with Gasteiger partial charge in [-0.25, -0.2) is 9.48 Å². The number of nitrogens with one attached hydrogen (secondary N) is 1. The van der Waals surface area contributed by atoms with Gasteiger partial charge in [-0.1, -0.05) is 60.9 Å². The fourth-order valence-corrected chi connectivity index (χ4v) is 4.81. The fourth-order valence-electron chi connectivity index (χ4n) is 3.93. The molecule has 37 heavy (non-hydrogen) atoms. The Kier molecular flexibility index (Phi) is 8.89. The number of anilines is 1. The molecule has 1 aliphatic heterocycles. The highest BCUT2D eigenvalue weighted by atomic mass is 35.5. The lowest BCUT2D eigenvalue weighted by molar-refractivity contribution is -0.139. The van der Waals surface area contributed by atoms with Crippen LogP contribution in [0.2, 0.25) is 10.0 Å². The number of halogens is 2. The average molecular weight is 564 g/mol. The first kappa shape index (κ1) is 27.2. The van der Waals surface area contributed by atoms with Gasteiger partial charge in [0.05, 0.1) is 29.3 Å². The minimum absolute atomic E-state index is 0.276. The zero-order valence-electron chi connectivity index (χ0n) is 21.0. The number of hydrogen-bond donors (Lipinski definition) is 1. The van der Waals surface area contributed by atoms with E-state index in [4.69, 9.17) is 37.4 Å². The number of aromatic nitrogens is 3. The molecule has 1 aliphatic rings. The summed E-state index contributed by atoms with van der Waals surface area (Å²) in [5, 5.41) is 9.47. The van der Waals surface area contributed by atoms with Gasteiger partial charge in [-0.3, -0.25) is 0 Å². The Balaban J connectivity index is 1.69. The van der Waals surface area contributed by atoms with E-state index in [0.717, 1.165) is 23.3 Å². The third-order valence-corrected chi connectivity index (χ3v) is 7.10. The predicted octanol–water partition coefficient (Wildman–Crippen LogP) is 6.53. The van der Waals surface area contributed by atoms with Crippen molar-refractivity contribution < 1.29 is 19.0 Å². The van der Waals surface area contributed by atoms with Crippen molar-refractivity contribution in [2.45, 2.75) is 45.0 Å². The first-order valence-electron chi connectivity index (χ1n) is 11.8. The summed E-state index contributed by atoms with van der Waals surface area (Å²) in [5.74, 6) is 2.04. The van der Waals surface area contributed by atoms with Gasteiger partial charge in [0.25, 0.3) is 0 Å². The number of ether oxygens (including phenoxy) is 3. The van der Waals surface area contributed by atoms with Crippen LogP contribution in [0.5, 0.6) is 11.5 Å². The smallest absolute Gasteiger partial charge is 0.338 e. The molecule has 1 atom stereocenters. The van der Waals surface area contributed by atoms with Crippen molar-refractivity contribution in [1.82, 2.24) is 14.8 Å². The highest BCUT2D eigenvalue weighted by molar-refractivity contribution is 7.99. The number of carbonyl (C=O) groups is 1. The molecule has 0 saturated heterocycles. The van der Waals surface area contributed by atoms with Crippen LogP contribution in [0, 0.1) is 0 Å². The maximum atomic E-state index is 13.2. The predicted molar refractivity (Wildman–Crippen MR) is 146 cm³/mol. The molecule has 1 unspecified atom stereocenters. The molecule has 196 valence electrons. The van der Waals surface area contributed by atoms with Crippen LogP contribution in [0.25, 0.3) is 0 Å². The molecule has 0 aliphatic carbocycles. The van der Waals surface area contributed by atoms with Crippen LogP contribution >= 0.6 is 35.0 Å². The van der Waals surface area contributed by atoms with Crippen LogP contribution in [-0.2, 0) is 16.1 Å². The van der Waals surface area contributed by atoms with Gasteiger partial charge >= 0.3 is 5.97 Å². The largest absolute Gasteiger partial charge is 0.493 e. The molecule has 0 fully saturated rings. The second-order valence-corrected chi connectivity index (χ2v) is 10.3. The van der Waals surface area contributed by atoms with E-state index in [-0.39, 0.29) is 6.61 Å². The van der Waals surface area contributed by atoms with E-state index in [1.54, 1.807) is 23.9 Å². The first-order chi connectivity index (χ1) is 17.9. The molecule has 0 amide bonds. The molecular weight excluding hydrogens is 535 g/mol. The Bertz CT molecular complexity index is 1330. The molecule has 2 heterocycles. The van der Waals surface area contributed by atoms with Crippen molar-refractivity contribution in [3.8, 4) is 11.5 Å². The van der Waals surface area contributed by atoms with Crippen molar-refractivity contribution in [3.63, 3.8) is 0 Å². The maximum Gasteiger partial charge on any atom is 0.338 e. The Hall–Kier alpha value is -2.88. The summed E-state index contributed by atoms with van der Waals surface area (Å²) in [7, 11) is 1.57.